The molecule has 2 aromatic carbocycles. The molecule has 1 N–H and O–H groups in total. The van der Waals surface area contributed by atoms with Crippen LogP contribution in [0.3, 0.4) is 0 Å². The van der Waals surface area contributed by atoms with Gasteiger partial charge in [-0.25, -0.2) is 8.42 Å². The maximum atomic E-state index is 12.3. The van der Waals surface area contributed by atoms with Crippen molar-refractivity contribution in [2.24, 2.45) is 0 Å². The molecule has 1 aliphatic heterocycles. The molecule has 1 heterocycles. The van der Waals surface area contributed by atoms with Crippen LogP contribution in [-0.2, 0) is 14.8 Å². The molecule has 3 rings (SSSR count). The summed E-state index contributed by atoms with van der Waals surface area (Å²) in [6.45, 7) is 3.11. The Kier molecular flexibility index (Phi) is 4.04. The predicted molar refractivity (Wildman–Crippen MR) is 83.7 cm³/mol. The molecule has 116 valence electrons. The van der Waals surface area contributed by atoms with Crippen LogP contribution in [0, 0.1) is 6.92 Å². The lowest BCUT2D eigenvalue weighted by Gasteiger charge is -2.10. The Balaban J connectivity index is 1.73. The summed E-state index contributed by atoms with van der Waals surface area (Å²) in [5.41, 5.74) is 1.48. The zero-order valence-electron chi connectivity index (χ0n) is 12.2. The molecule has 0 amide bonds. The molecular weight excluding hydrogens is 302 g/mol. The van der Waals surface area contributed by atoms with Gasteiger partial charge in [-0.2, -0.15) is 0 Å². The van der Waals surface area contributed by atoms with Crippen LogP contribution in [0.1, 0.15) is 5.56 Å². The molecule has 0 spiro atoms. The summed E-state index contributed by atoms with van der Waals surface area (Å²) in [7, 11) is -3.60. The number of anilines is 1. The molecule has 1 fully saturated rings. The van der Waals surface area contributed by atoms with Crippen LogP contribution in [0.4, 0.5) is 5.69 Å². The highest BCUT2D eigenvalue weighted by atomic mass is 32.2. The second kappa shape index (κ2) is 5.98. The van der Waals surface area contributed by atoms with Gasteiger partial charge in [0.05, 0.1) is 17.2 Å². The lowest BCUT2D eigenvalue weighted by Crippen LogP contribution is -2.13. The smallest absolute Gasteiger partial charge is 0.261 e. The van der Waals surface area contributed by atoms with E-state index < -0.39 is 10.0 Å². The number of nitrogens with one attached hydrogen (secondary N) is 1. The van der Waals surface area contributed by atoms with Gasteiger partial charge >= 0.3 is 0 Å². The Hall–Kier alpha value is -2.05. The van der Waals surface area contributed by atoms with Crippen molar-refractivity contribution in [2.75, 3.05) is 17.9 Å². The van der Waals surface area contributed by atoms with E-state index in [0.717, 1.165) is 12.2 Å². The van der Waals surface area contributed by atoms with Crippen LogP contribution < -0.4 is 9.46 Å². The number of hydrogen-bond acceptors (Lipinski definition) is 4. The topological polar surface area (TPSA) is 67.9 Å². The number of epoxide rings is 1. The third kappa shape index (κ3) is 3.78. The maximum absolute atomic E-state index is 12.3. The monoisotopic (exact) mass is 319 g/mol. The fourth-order valence-electron chi connectivity index (χ4n) is 1.93. The van der Waals surface area contributed by atoms with Crippen molar-refractivity contribution in [1.82, 2.24) is 0 Å². The van der Waals surface area contributed by atoms with Crippen LogP contribution in [0.2, 0.25) is 0 Å². The molecule has 6 heteroatoms. The van der Waals surface area contributed by atoms with Crippen LogP contribution in [0.5, 0.6) is 5.75 Å². The standard InChI is InChI=1S/C16H17NO4S/c1-12-5-7-16(8-6-12)22(18,19)17-13-3-2-4-14(9-13)20-10-15-11-21-15/h2-9,15,17H,10-11H2,1H3. The Labute approximate surface area is 129 Å². The minimum Gasteiger partial charge on any atom is -0.491 e. The highest BCUT2D eigenvalue weighted by Crippen LogP contribution is 2.22. The summed E-state index contributed by atoms with van der Waals surface area (Å²) in [5.74, 6) is 0.611. The summed E-state index contributed by atoms with van der Waals surface area (Å²) in [6, 6.07) is 13.6. The largest absolute Gasteiger partial charge is 0.491 e. The van der Waals surface area contributed by atoms with Gasteiger partial charge in [-0.15, -0.1) is 0 Å². The molecule has 1 atom stereocenters. The van der Waals surface area contributed by atoms with E-state index in [0.29, 0.717) is 18.0 Å². The zero-order chi connectivity index (χ0) is 15.6. The van der Waals surface area contributed by atoms with Gasteiger partial charge in [0, 0.05) is 6.07 Å². The number of aryl methyl sites for hydroxylation is 1. The number of hydrogen-bond donors (Lipinski definition) is 1. The Morgan fingerprint density at radius 2 is 1.95 bits per heavy atom. The summed E-state index contributed by atoms with van der Waals surface area (Å²) >= 11 is 0. The molecule has 22 heavy (non-hydrogen) atoms. The molecule has 0 bridgehead atoms. The summed E-state index contributed by atoms with van der Waals surface area (Å²) < 4.78 is 37.8. The second-order valence-corrected chi connectivity index (χ2v) is 6.90. The van der Waals surface area contributed by atoms with Gasteiger partial charge in [0.1, 0.15) is 18.5 Å². The van der Waals surface area contributed by atoms with Crippen molar-refractivity contribution in [3.05, 3.63) is 54.1 Å². The third-order valence-corrected chi connectivity index (χ3v) is 4.65. The molecule has 2 aromatic rings. The number of sulfonamides is 1. The van der Waals surface area contributed by atoms with Crippen LogP contribution in [0.25, 0.3) is 0 Å². The van der Waals surface area contributed by atoms with Gasteiger partial charge in [-0.3, -0.25) is 4.72 Å². The van der Waals surface area contributed by atoms with E-state index in [1.807, 2.05) is 6.92 Å². The fourth-order valence-corrected chi connectivity index (χ4v) is 2.98. The van der Waals surface area contributed by atoms with E-state index in [2.05, 4.69) is 4.72 Å². The Morgan fingerprint density at radius 1 is 1.23 bits per heavy atom. The molecule has 0 radical (unpaired) electrons. The quantitative estimate of drug-likeness (QED) is 0.831. The number of rotatable bonds is 6. The van der Waals surface area contributed by atoms with Crippen LogP contribution >= 0.6 is 0 Å². The van der Waals surface area contributed by atoms with E-state index >= 15 is 0 Å². The van der Waals surface area contributed by atoms with Crippen molar-refractivity contribution < 1.29 is 17.9 Å². The van der Waals surface area contributed by atoms with Gasteiger partial charge in [0.15, 0.2) is 0 Å². The molecule has 1 saturated heterocycles. The average Bonchev–Trinajstić information content (AvgIpc) is 3.30. The molecule has 1 aliphatic rings. The normalized spacial score (nSPS) is 17.0. The minimum atomic E-state index is -3.60. The van der Waals surface area contributed by atoms with Crippen molar-refractivity contribution >= 4 is 15.7 Å². The summed E-state index contributed by atoms with van der Waals surface area (Å²) in [4.78, 5) is 0.232. The van der Waals surface area contributed by atoms with E-state index in [4.69, 9.17) is 9.47 Å². The molecule has 0 aliphatic carbocycles. The molecule has 0 saturated carbocycles. The molecule has 5 nitrogen and oxygen atoms in total. The summed E-state index contributed by atoms with van der Waals surface area (Å²) in [6.07, 6.45) is 0.160. The lowest BCUT2D eigenvalue weighted by molar-refractivity contribution is 0.263. The van der Waals surface area contributed by atoms with E-state index in [1.165, 1.54) is 0 Å². The third-order valence-electron chi connectivity index (χ3n) is 3.26. The van der Waals surface area contributed by atoms with Gasteiger partial charge < -0.3 is 9.47 Å². The molecule has 1 unspecified atom stereocenters. The second-order valence-electron chi connectivity index (χ2n) is 5.21. The predicted octanol–water partition coefficient (Wildman–Crippen LogP) is 2.57. The van der Waals surface area contributed by atoms with E-state index in [9.17, 15) is 8.42 Å². The van der Waals surface area contributed by atoms with Crippen LogP contribution in [0.15, 0.2) is 53.4 Å². The highest BCUT2D eigenvalue weighted by Gasteiger charge is 2.23. The lowest BCUT2D eigenvalue weighted by atomic mass is 10.2. The first-order valence-corrected chi connectivity index (χ1v) is 8.45. The average molecular weight is 319 g/mol. The molecular formula is C16H17NO4S. The SMILES string of the molecule is Cc1ccc(S(=O)(=O)Nc2cccc(OCC3CO3)c2)cc1. The maximum Gasteiger partial charge on any atom is 0.261 e. The van der Waals surface area contributed by atoms with Gasteiger partial charge in [-0.1, -0.05) is 23.8 Å². The van der Waals surface area contributed by atoms with Crippen LogP contribution in [-0.4, -0.2) is 27.7 Å². The first kappa shape index (κ1) is 14.9. The van der Waals surface area contributed by atoms with Gasteiger partial charge in [0.25, 0.3) is 10.0 Å². The van der Waals surface area contributed by atoms with Gasteiger partial charge in [-0.05, 0) is 31.2 Å². The van der Waals surface area contributed by atoms with E-state index in [1.54, 1.807) is 48.5 Å². The molecule has 0 aromatic heterocycles. The van der Waals surface area contributed by atoms with Crippen molar-refractivity contribution in [3.63, 3.8) is 0 Å². The number of benzene rings is 2. The Bertz CT molecular complexity index is 752. The first-order chi connectivity index (χ1) is 10.5. The number of ether oxygens (including phenoxy) is 2. The highest BCUT2D eigenvalue weighted by molar-refractivity contribution is 7.92. The van der Waals surface area contributed by atoms with Crippen molar-refractivity contribution in [1.29, 1.82) is 0 Å². The van der Waals surface area contributed by atoms with Gasteiger partial charge in [0.2, 0.25) is 0 Å². The van der Waals surface area contributed by atoms with Crippen molar-refractivity contribution in [3.8, 4) is 5.75 Å². The Morgan fingerprint density at radius 3 is 2.64 bits per heavy atom. The zero-order valence-corrected chi connectivity index (χ0v) is 13.0. The minimum absolute atomic E-state index is 0.160. The fraction of sp³-hybridized carbons (Fsp3) is 0.250. The first-order valence-electron chi connectivity index (χ1n) is 6.97. The van der Waals surface area contributed by atoms with Crippen molar-refractivity contribution in [2.45, 2.75) is 17.9 Å². The summed E-state index contributed by atoms with van der Waals surface area (Å²) in [5, 5.41) is 0. The van der Waals surface area contributed by atoms with E-state index in [-0.39, 0.29) is 11.0 Å².